The number of hydrogen-bond acceptors (Lipinski definition) is 2. The monoisotopic (exact) mass is 207 g/mol. The highest BCUT2D eigenvalue weighted by Gasteiger charge is 2.19. The summed E-state index contributed by atoms with van der Waals surface area (Å²) >= 11 is 0. The Balaban J connectivity index is 2.09. The zero-order valence-electron chi connectivity index (χ0n) is 9.71. The van der Waals surface area contributed by atoms with Crippen molar-refractivity contribution in [3.05, 3.63) is 17.5 Å². The van der Waals surface area contributed by atoms with Crippen LogP contribution in [0.3, 0.4) is 0 Å². The van der Waals surface area contributed by atoms with E-state index >= 15 is 0 Å². The zero-order chi connectivity index (χ0) is 10.7. The highest BCUT2D eigenvalue weighted by atomic mass is 15.1. The Labute approximate surface area is 91.7 Å². The molecule has 3 nitrogen and oxygen atoms in total. The van der Waals surface area contributed by atoms with Gasteiger partial charge in [0.1, 0.15) is 0 Å². The van der Waals surface area contributed by atoms with Crippen molar-refractivity contribution in [2.24, 2.45) is 5.92 Å². The maximum Gasteiger partial charge on any atom is 0.0522 e. The Hall–Kier alpha value is -0.830. The fraction of sp³-hybridized carbons (Fsp3) is 0.750. The van der Waals surface area contributed by atoms with Gasteiger partial charge in [-0.3, -0.25) is 5.10 Å². The van der Waals surface area contributed by atoms with E-state index in [2.05, 4.69) is 29.4 Å². The van der Waals surface area contributed by atoms with E-state index < -0.39 is 0 Å². The van der Waals surface area contributed by atoms with E-state index in [1.807, 2.05) is 6.20 Å². The van der Waals surface area contributed by atoms with Crippen molar-refractivity contribution in [1.82, 2.24) is 15.5 Å². The van der Waals surface area contributed by atoms with Crippen LogP contribution in [-0.2, 0) is 6.42 Å². The molecule has 0 bridgehead atoms. The molecule has 0 aliphatic carbocycles. The van der Waals surface area contributed by atoms with Crippen molar-refractivity contribution < 1.29 is 0 Å². The molecule has 15 heavy (non-hydrogen) atoms. The number of piperidine rings is 1. The van der Waals surface area contributed by atoms with Crippen molar-refractivity contribution in [1.29, 1.82) is 0 Å². The molecule has 0 amide bonds. The van der Waals surface area contributed by atoms with Gasteiger partial charge in [-0.1, -0.05) is 13.8 Å². The Morgan fingerprint density at radius 3 is 3.07 bits per heavy atom. The first-order chi connectivity index (χ1) is 7.27. The topological polar surface area (TPSA) is 40.7 Å². The summed E-state index contributed by atoms with van der Waals surface area (Å²) in [6.07, 6.45) is 5.72. The lowest BCUT2D eigenvalue weighted by Crippen LogP contribution is -2.29. The third-order valence-corrected chi connectivity index (χ3v) is 3.08. The number of rotatable bonds is 3. The van der Waals surface area contributed by atoms with Crippen LogP contribution in [0.15, 0.2) is 6.20 Å². The van der Waals surface area contributed by atoms with Crippen LogP contribution in [0.2, 0.25) is 0 Å². The van der Waals surface area contributed by atoms with Crippen LogP contribution in [-0.4, -0.2) is 23.3 Å². The average molecular weight is 207 g/mol. The number of aromatic amines is 1. The van der Waals surface area contributed by atoms with Gasteiger partial charge in [-0.15, -0.1) is 0 Å². The second kappa shape index (κ2) is 4.79. The summed E-state index contributed by atoms with van der Waals surface area (Å²) in [4.78, 5) is 0. The minimum atomic E-state index is 0.648. The lowest BCUT2D eigenvalue weighted by Gasteiger charge is -2.23. The number of aromatic nitrogens is 2. The van der Waals surface area contributed by atoms with E-state index in [9.17, 15) is 0 Å². The van der Waals surface area contributed by atoms with E-state index in [4.69, 9.17) is 0 Å². The normalized spacial score (nSPS) is 22.2. The zero-order valence-corrected chi connectivity index (χ0v) is 9.71. The van der Waals surface area contributed by atoms with Crippen molar-refractivity contribution in [3.63, 3.8) is 0 Å². The molecule has 0 spiro atoms. The summed E-state index contributed by atoms with van der Waals surface area (Å²) in [5.41, 5.74) is 2.79. The number of hydrogen-bond donors (Lipinski definition) is 2. The molecule has 1 unspecified atom stereocenters. The first-order valence-corrected chi connectivity index (χ1v) is 6.00. The molecule has 0 aromatic carbocycles. The van der Waals surface area contributed by atoms with E-state index in [0.717, 1.165) is 13.0 Å². The van der Waals surface area contributed by atoms with Gasteiger partial charge in [0.25, 0.3) is 0 Å². The molecule has 3 heteroatoms. The molecule has 1 saturated heterocycles. The second-order valence-corrected chi connectivity index (χ2v) is 4.95. The van der Waals surface area contributed by atoms with Crippen LogP contribution in [0.5, 0.6) is 0 Å². The van der Waals surface area contributed by atoms with Gasteiger partial charge < -0.3 is 5.32 Å². The Morgan fingerprint density at radius 1 is 1.53 bits per heavy atom. The number of H-pyrrole nitrogens is 1. The van der Waals surface area contributed by atoms with Crippen LogP contribution < -0.4 is 5.32 Å². The maximum absolute atomic E-state index is 4.20. The first kappa shape index (κ1) is 10.7. The molecule has 1 atom stereocenters. The molecular weight excluding hydrogens is 186 g/mol. The molecule has 0 saturated carbocycles. The molecule has 2 rings (SSSR count). The lowest BCUT2D eigenvalue weighted by molar-refractivity contribution is 0.450. The Morgan fingerprint density at radius 2 is 2.40 bits per heavy atom. The number of nitrogens with zero attached hydrogens (tertiary/aromatic N) is 1. The van der Waals surface area contributed by atoms with Gasteiger partial charge in [-0.25, -0.2) is 0 Å². The third kappa shape index (κ3) is 2.59. The van der Waals surface area contributed by atoms with Gasteiger partial charge in [-0.2, -0.15) is 5.10 Å². The molecule has 0 radical (unpaired) electrons. The molecule has 1 aromatic rings. The van der Waals surface area contributed by atoms with Crippen LogP contribution >= 0.6 is 0 Å². The smallest absolute Gasteiger partial charge is 0.0522 e. The van der Waals surface area contributed by atoms with E-state index in [1.165, 1.54) is 30.6 Å². The summed E-state index contributed by atoms with van der Waals surface area (Å²) in [6.45, 7) is 6.79. The summed E-state index contributed by atoms with van der Waals surface area (Å²) < 4.78 is 0. The highest BCUT2D eigenvalue weighted by molar-refractivity contribution is 5.21. The largest absolute Gasteiger partial charge is 0.316 e. The molecule has 1 aliphatic heterocycles. The van der Waals surface area contributed by atoms with Crippen molar-refractivity contribution >= 4 is 0 Å². The minimum absolute atomic E-state index is 0.648. The van der Waals surface area contributed by atoms with Crippen molar-refractivity contribution in [2.45, 2.75) is 39.0 Å². The van der Waals surface area contributed by atoms with Gasteiger partial charge in [0, 0.05) is 18.2 Å². The maximum atomic E-state index is 4.20. The second-order valence-electron chi connectivity index (χ2n) is 4.95. The van der Waals surface area contributed by atoms with Crippen molar-refractivity contribution in [3.8, 4) is 0 Å². The summed E-state index contributed by atoms with van der Waals surface area (Å²) in [5.74, 6) is 1.35. The van der Waals surface area contributed by atoms with E-state index in [1.54, 1.807) is 0 Å². The predicted molar refractivity (Wildman–Crippen MR) is 62.0 cm³/mol. The molecule has 84 valence electrons. The van der Waals surface area contributed by atoms with Gasteiger partial charge in [0.15, 0.2) is 0 Å². The Kier molecular flexibility index (Phi) is 3.41. The van der Waals surface area contributed by atoms with Crippen LogP contribution in [0.1, 0.15) is 43.9 Å². The fourth-order valence-corrected chi connectivity index (χ4v) is 2.38. The number of nitrogens with one attached hydrogen (secondary N) is 2. The van der Waals surface area contributed by atoms with Gasteiger partial charge in [0.2, 0.25) is 0 Å². The van der Waals surface area contributed by atoms with Crippen LogP contribution in [0, 0.1) is 5.92 Å². The van der Waals surface area contributed by atoms with Gasteiger partial charge >= 0.3 is 0 Å². The average Bonchev–Trinajstić information content (AvgIpc) is 2.66. The summed E-state index contributed by atoms with van der Waals surface area (Å²) in [5, 5.41) is 10.8. The van der Waals surface area contributed by atoms with Gasteiger partial charge in [0.05, 0.1) is 6.20 Å². The predicted octanol–water partition coefficient (Wildman–Crippen LogP) is 2.08. The molecule has 2 heterocycles. The molecule has 1 aliphatic rings. The van der Waals surface area contributed by atoms with Crippen LogP contribution in [0.25, 0.3) is 0 Å². The SMILES string of the molecule is CC(C)Cc1cn[nH]c1C1CCCNC1. The molecule has 1 aromatic heterocycles. The molecule has 2 N–H and O–H groups in total. The van der Waals surface area contributed by atoms with Crippen molar-refractivity contribution in [2.75, 3.05) is 13.1 Å². The highest BCUT2D eigenvalue weighted by Crippen LogP contribution is 2.25. The Bertz CT molecular complexity index is 298. The fourth-order valence-electron chi connectivity index (χ4n) is 2.38. The van der Waals surface area contributed by atoms with Gasteiger partial charge in [-0.05, 0) is 37.3 Å². The third-order valence-electron chi connectivity index (χ3n) is 3.08. The summed E-state index contributed by atoms with van der Waals surface area (Å²) in [6, 6.07) is 0. The van der Waals surface area contributed by atoms with E-state index in [-0.39, 0.29) is 0 Å². The van der Waals surface area contributed by atoms with Crippen LogP contribution in [0.4, 0.5) is 0 Å². The minimum Gasteiger partial charge on any atom is -0.316 e. The molecular formula is C12H21N3. The quantitative estimate of drug-likeness (QED) is 0.796. The lowest BCUT2D eigenvalue weighted by atomic mass is 9.91. The first-order valence-electron chi connectivity index (χ1n) is 6.00. The standard InChI is InChI=1S/C12H21N3/c1-9(2)6-11-8-14-15-12(11)10-4-3-5-13-7-10/h8-10,13H,3-7H2,1-2H3,(H,14,15). The van der Waals surface area contributed by atoms with E-state index in [0.29, 0.717) is 11.8 Å². The summed E-state index contributed by atoms with van der Waals surface area (Å²) in [7, 11) is 0. The molecule has 1 fully saturated rings.